The SMILES string of the molecule is O=C(Nc1cncc(F)c1)N1CCCCNc2ccc(-c3cccc(C(F)(F)F)c3)nc21. The fourth-order valence-electron chi connectivity index (χ4n) is 3.40. The molecule has 10 heteroatoms. The standard InChI is InChI=1S/C22H19F4N5O/c23-16-11-17(13-27-12-16)29-21(32)31-9-2-1-8-28-19-7-6-18(30-20(19)31)14-4-3-5-15(10-14)22(24,25)26/h3-7,10-13,28H,1-2,8-9H2,(H,29,32). The summed E-state index contributed by atoms with van der Waals surface area (Å²) in [6.07, 6.45) is -0.659. The zero-order chi connectivity index (χ0) is 22.7. The summed E-state index contributed by atoms with van der Waals surface area (Å²) in [5.41, 5.74) is 0.547. The number of anilines is 3. The Morgan fingerprint density at radius 3 is 2.72 bits per heavy atom. The van der Waals surface area contributed by atoms with E-state index in [1.54, 1.807) is 12.1 Å². The summed E-state index contributed by atoms with van der Waals surface area (Å²) >= 11 is 0. The summed E-state index contributed by atoms with van der Waals surface area (Å²) in [5.74, 6) is -0.316. The number of alkyl halides is 3. The van der Waals surface area contributed by atoms with E-state index in [2.05, 4.69) is 20.6 Å². The number of halogens is 4. The number of carbonyl (C=O) groups is 1. The van der Waals surface area contributed by atoms with E-state index in [0.717, 1.165) is 30.8 Å². The lowest BCUT2D eigenvalue weighted by Crippen LogP contribution is -2.38. The molecule has 3 heterocycles. The first-order valence-corrected chi connectivity index (χ1v) is 9.93. The number of nitrogens with one attached hydrogen (secondary N) is 2. The molecule has 6 nitrogen and oxygen atoms in total. The molecule has 166 valence electrons. The first kappa shape index (κ1) is 21.5. The van der Waals surface area contributed by atoms with E-state index in [-0.39, 0.29) is 17.1 Å². The molecule has 0 saturated carbocycles. The van der Waals surface area contributed by atoms with Gasteiger partial charge in [-0.3, -0.25) is 9.88 Å². The Bertz CT molecular complexity index is 1140. The molecule has 0 atom stereocenters. The highest BCUT2D eigenvalue weighted by atomic mass is 19.4. The fourth-order valence-corrected chi connectivity index (χ4v) is 3.40. The molecule has 0 aliphatic carbocycles. The van der Waals surface area contributed by atoms with E-state index >= 15 is 0 Å². The first-order valence-electron chi connectivity index (χ1n) is 9.93. The molecule has 1 aliphatic rings. The Labute approximate surface area is 181 Å². The Kier molecular flexibility index (Phi) is 5.93. The van der Waals surface area contributed by atoms with Crippen LogP contribution in [0.4, 0.5) is 39.5 Å². The number of amides is 2. The topological polar surface area (TPSA) is 70.2 Å². The van der Waals surface area contributed by atoms with Crippen LogP contribution >= 0.6 is 0 Å². The van der Waals surface area contributed by atoms with Gasteiger partial charge in [0.25, 0.3) is 0 Å². The van der Waals surface area contributed by atoms with Crippen LogP contribution in [-0.4, -0.2) is 29.1 Å². The molecular weight excluding hydrogens is 426 g/mol. The van der Waals surface area contributed by atoms with Crippen molar-refractivity contribution >= 4 is 23.2 Å². The van der Waals surface area contributed by atoms with Crippen LogP contribution in [0.25, 0.3) is 11.3 Å². The summed E-state index contributed by atoms with van der Waals surface area (Å²) in [4.78, 5) is 22.6. The van der Waals surface area contributed by atoms with Crippen molar-refractivity contribution in [1.29, 1.82) is 0 Å². The molecule has 32 heavy (non-hydrogen) atoms. The lowest BCUT2D eigenvalue weighted by molar-refractivity contribution is -0.137. The normalized spacial score (nSPS) is 14.1. The van der Waals surface area contributed by atoms with Crippen LogP contribution < -0.4 is 15.5 Å². The van der Waals surface area contributed by atoms with Gasteiger partial charge in [0.1, 0.15) is 5.82 Å². The number of pyridine rings is 2. The van der Waals surface area contributed by atoms with Gasteiger partial charge >= 0.3 is 12.2 Å². The highest BCUT2D eigenvalue weighted by Gasteiger charge is 2.31. The van der Waals surface area contributed by atoms with Crippen LogP contribution in [0.3, 0.4) is 0 Å². The van der Waals surface area contributed by atoms with Gasteiger partial charge in [0.15, 0.2) is 5.82 Å². The molecule has 2 N–H and O–H groups in total. The van der Waals surface area contributed by atoms with Crippen molar-refractivity contribution < 1.29 is 22.4 Å². The maximum atomic E-state index is 13.4. The Morgan fingerprint density at radius 1 is 1.09 bits per heavy atom. The minimum atomic E-state index is -4.48. The van der Waals surface area contributed by atoms with Gasteiger partial charge in [-0.1, -0.05) is 12.1 Å². The van der Waals surface area contributed by atoms with Crippen molar-refractivity contribution in [3.05, 3.63) is 66.2 Å². The van der Waals surface area contributed by atoms with E-state index in [1.807, 2.05) is 0 Å². The zero-order valence-electron chi connectivity index (χ0n) is 16.8. The number of hydrogen-bond donors (Lipinski definition) is 2. The second kappa shape index (κ2) is 8.81. The number of fused-ring (bicyclic) bond motifs is 1. The van der Waals surface area contributed by atoms with Crippen molar-refractivity contribution in [3.63, 3.8) is 0 Å². The van der Waals surface area contributed by atoms with Crippen molar-refractivity contribution in [1.82, 2.24) is 9.97 Å². The van der Waals surface area contributed by atoms with Gasteiger partial charge in [0.05, 0.1) is 35.0 Å². The van der Waals surface area contributed by atoms with Crippen LogP contribution in [0.2, 0.25) is 0 Å². The van der Waals surface area contributed by atoms with E-state index in [4.69, 9.17) is 0 Å². The van der Waals surface area contributed by atoms with Crippen LogP contribution in [0.1, 0.15) is 18.4 Å². The predicted molar refractivity (Wildman–Crippen MR) is 113 cm³/mol. The zero-order valence-corrected chi connectivity index (χ0v) is 16.8. The quantitative estimate of drug-likeness (QED) is 0.508. The number of urea groups is 1. The molecule has 0 fully saturated rings. The maximum Gasteiger partial charge on any atom is 0.416 e. The number of nitrogens with zero attached hydrogens (tertiary/aromatic N) is 3. The summed E-state index contributed by atoms with van der Waals surface area (Å²) in [6.45, 7) is 1.00. The largest absolute Gasteiger partial charge is 0.416 e. The van der Waals surface area contributed by atoms with Gasteiger partial charge in [0.2, 0.25) is 0 Å². The van der Waals surface area contributed by atoms with E-state index in [0.29, 0.717) is 30.9 Å². The van der Waals surface area contributed by atoms with Gasteiger partial charge in [-0.15, -0.1) is 0 Å². The van der Waals surface area contributed by atoms with Gasteiger partial charge < -0.3 is 10.6 Å². The summed E-state index contributed by atoms with van der Waals surface area (Å²) in [6, 6.07) is 8.75. The Morgan fingerprint density at radius 2 is 1.94 bits per heavy atom. The third-order valence-electron chi connectivity index (χ3n) is 4.94. The first-order chi connectivity index (χ1) is 15.3. The van der Waals surface area contributed by atoms with Crippen molar-refractivity contribution in [2.75, 3.05) is 28.6 Å². The second-order valence-electron chi connectivity index (χ2n) is 7.25. The van der Waals surface area contributed by atoms with Crippen LogP contribution in [0.5, 0.6) is 0 Å². The molecule has 0 spiro atoms. The van der Waals surface area contributed by atoms with Crippen molar-refractivity contribution in [3.8, 4) is 11.3 Å². The molecular formula is C22H19F4N5O. The highest BCUT2D eigenvalue weighted by Crippen LogP contribution is 2.34. The number of rotatable bonds is 2. The van der Waals surface area contributed by atoms with Gasteiger partial charge in [0, 0.05) is 24.7 Å². The van der Waals surface area contributed by atoms with Gasteiger partial charge in [-0.05, 0) is 37.1 Å². The lowest BCUT2D eigenvalue weighted by Gasteiger charge is -2.27. The third kappa shape index (κ3) is 4.79. The second-order valence-corrected chi connectivity index (χ2v) is 7.25. The van der Waals surface area contributed by atoms with Crippen molar-refractivity contribution in [2.24, 2.45) is 0 Å². The average molecular weight is 445 g/mol. The number of hydrogen-bond acceptors (Lipinski definition) is 4. The van der Waals surface area contributed by atoms with Gasteiger partial charge in [-0.25, -0.2) is 14.2 Å². The van der Waals surface area contributed by atoms with E-state index in [1.165, 1.54) is 23.2 Å². The minimum absolute atomic E-state index is 0.181. The highest BCUT2D eigenvalue weighted by molar-refractivity contribution is 6.03. The van der Waals surface area contributed by atoms with Crippen LogP contribution in [-0.2, 0) is 6.18 Å². The van der Waals surface area contributed by atoms with Crippen LogP contribution in [0, 0.1) is 5.82 Å². The monoisotopic (exact) mass is 445 g/mol. The van der Waals surface area contributed by atoms with E-state index < -0.39 is 23.6 Å². The fraction of sp³-hybridized carbons (Fsp3) is 0.227. The smallest absolute Gasteiger partial charge is 0.382 e. The Balaban J connectivity index is 1.70. The molecule has 2 aromatic heterocycles. The molecule has 1 aliphatic heterocycles. The summed E-state index contributed by atoms with van der Waals surface area (Å²) in [7, 11) is 0. The lowest BCUT2D eigenvalue weighted by atomic mass is 10.1. The minimum Gasteiger partial charge on any atom is -0.382 e. The number of carbonyl (C=O) groups excluding carboxylic acids is 1. The number of benzene rings is 1. The summed E-state index contributed by atoms with van der Waals surface area (Å²) < 4.78 is 52.9. The molecule has 0 saturated heterocycles. The predicted octanol–water partition coefficient (Wildman–Crippen LogP) is 5.55. The van der Waals surface area contributed by atoms with Crippen molar-refractivity contribution in [2.45, 2.75) is 19.0 Å². The van der Waals surface area contributed by atoms with E-state index in [9.17, 15) is 22.4 Å². The average Bonchev–Trinajstić information content (AvgIpc) is 2.74. The summed E-state index contributed by atoms with van der Waals surface area (Å²) in [5, 5.41) is 5.80. The van der Waals surface area contributed by atoms with Crippen LogP contribution in [0.15, 0.2) is 54.9 Å². The molecule has 0 unspecified atom stereocenters. The maximum absolute atomic E-state index is 13.4. The third-order valence-corrected chi connectivity index (χ3v) is 4.94. The molecule has 0 radical (unpaired) electrons. The van der Waals surface area contributed by atoms with Gasteiger partial charge in [-0.2, -0.15) is 13.2 Å². The molecule has 0 bridgehead atoms. The number of aromatic nitrogens is 2. The molecule has 4 rings (SSSR count). The molecule has 2 amide bonds. The molecule has 3 aromatic rings. The Hall–Kier alpha value is -3.69. The molecule has 1 aromatic carbocycles.